The summed E-state index contributed by atoms with van der Waals surface area (Å²) in [5, 5.41) is 0. The molecule has 0 saturated heterocycles. The second-order valence-electron chi connectivity index (χ2n) is 6.97. The van der Waals surface area contributed by atoms with Crippen LogP contribution >= 0.6 is 0 Å². The summed E-state index contributed by atoms with van der Waals surface area (Å²) in [6, 6.07) is 10.8. The van der Waals surface area contributed by atoms with Gasteiger partial charge < -0.3 is 10.5 Å². The van der Waals surface area contributed by atoms with E-state index in [-0.39, 0.29) is 11.7 Å². The van der Waals surface area contributed by atoms with E-state index in [0.29, 0.717) is 5.69 Å². The Morgan fingerprint density at radius 2 is 1.91 bits per heavy atom. The van der Waals surface area contributed by atoms with Gasteiger partial charge in [-0.2, -0.15) is 0 Å². The average molecular weight is 311 g/mol. The number of hydrogen-bond donors (Lipinski definition) is 1. The highest BCUT2D eigenvalue weighted by Gasteiger charge is 2.27. The number of carbonyl (C=O) groups is 1. The Kier molecular flexibility index (Phi) is 3.97. The molecule has 0 amide bonds. The first-order valence-corrected chi connectivity index (χ1v) is 8.09. The van der Waals surface area contributed by atoms with Gasteiger partial charge in [-0.15, -0.1) is 0 Å². The minimum atomic E-state index is -0.591. The van der Waals surface area contributed by atoms with Gasteiger partial charge in [0.15, 0.2) is 0 Å². The molecule has 0 aromatic heterocycles. The van der Waals surface area contributed by atoms with Gasteiger partial charge in [0.1, 0.15) is 12.1 Å². The summed E-state index contributed by atoms with van der Waals surface area (Å²) in [6.07, 6.45) is 4.12. The van der Waals surface area contributed by atoms with Gasteiger partial charge in [-0.25, -0.2) is 4.39 Å². The van der Waals surface area contributed by atoms with E-state index >= 15 is 0 Å². The molecule has 23 heavy (non-hydrogen) atoms. The number of rotatable bonds is 4. The molecule has 0 atom stereocenters. The van der Waals surface area contributed by atoms with E-state index in [1.165, 1.54) is 6.07 Å². The number of anilines is 1. The number of carbonyl (C=O) groups excluding carboxylic acids is 1. The van der Waals surface area contributed by atoms with Crippen molar-refractivity contribution in [3.8, 4) is 11.1 Å². The first-order valence-electron chi connectivity index (χ1n) is 8.09. The predicted molar refractivity (Wildman–Crippen MR) is 91.9 cm³/mol. The van der Waals surface area contributed by atoms with Crippen LogP contribution in [0, 0.1) is 5.82 Å². The maximum Gasteiger partial charge on any atom is 0.129 e. The zero-order valence-corrected chi connectivity index (χ0v) is 13.6. The van der Waals surface area contributed by atoms with E-state index < -0.39 is 5.41 Å². The molecule has 2 N–H and O–H groups in total. The summed E-state index contributed by atoms with van der Waals surface area (Å²) in [5.41, 5.74) is 9.53. The fraction of sp³-hybridized carbons (Fsp3) is 0.350. The highest BCUT2D eigenvalue weighted by molar-refractivity contribution is 5.81. The number of halogens is 1. The first kappa shape index (κ1) is 15.7. The normalized spacial score (nSPS) is 15.3. The van der Waals surface area contributed by atoms with E-state index in [1.54, 1.807) is 6.07 Å². The number of benzene rings is 2. The predicted octanol–water partition coefficient (Wildman–Crippen LogP) is 4.82. The molecule has 1 fully saturated rings. The molecule has 3 heteroatoms. The first-order chi connectivity index (χ1) is 10.9. The highest BCUT2D eigenvalue weighted by Crippen LogP contribution is 2.44. The van der Waals surface area contributed by atoms with Crippen LogP contribution in [0.25, 0.3) is 11.1 Å². The Labute approximate surface area is 136 Å². The van der Waals surface area contributed by atoms with Crippen LogP contribution in [0.15, 0.2) is 36.4 Å². The van der Waals surface area contributed by atoms with Crippen LogP contribution in [-0.2, 0) is 10.2 Å². The third kappa shape index (κ3) is 2.76. The zero-order valence-electron chi connectivity index (χ0n) is 13.6. The number of nitrogens with two attached hydrogens (primary N) is 1. The topological polar surface area (TPSA) is 43.1 Å². The van der Waals surface area contributed by atoms with Crippen molar-refractivity contribution in [2.45, 2.75) is 44.4 Å². The fourth-order valence-electron chi connectivity index (χ4n) is 3.14. The van der Waals surface area contributed by atoms with Crippen molar-refractivity contribution in [1.29, 1.82) is 0 Å². The smallest absolute Gasteiger partial charge is 0.129 e. The van der Waals surface area contributed by atoms with E-state index in [9.17, 15) is 9.18 Å². The molecule has 1 aliphatic rings. The van der Waals surface area contributed by atoms with Crippen molar-refractivity contribution < 1.29 is 9.18 Å². The van der Waals surface area contributed by atoms with E-state index in [1.807, 2.05) is 38.1 Å². The second-order valence-corrected chi connectivity index (χ2v) is 6.97. The third-order valence-corrected chi connectivity index (χ3v) is 4.95. The molecule has 0 heterocycles. The molecule has 0 unspecified atom stereocenters. The van der Waals surface area contributed by atoms with Gasteiger partial charge in [-0.3, -0.25) is 0 Å². The quantitative estimate of drug-likeness (QED) is 0.650. The summed E-state index contributed by atoms with van der Waals surface area (Å²) < 4.78 is 14.4. The highest BCUT2D eigenvalue weighted by atomic mass is 19.1. The van der Waals surface area contributed by atoms with Gasteiger partial charge in [0.05, 0.1) is 0 Å². The standard InChI is InChI=1S/C20H22FNO/c1-20(2,12-23)14-9-10-18(22)16(11-14)15-7-4-8-17(21)19(15)13-5-3-6-13/h4,7-13H,3,5-6,22H2,1-2H3. The van der Waals surface area contributed by atoms with E-state index in [0.717, 1.165) is 47.8 Å². The Morgan fingerprint density at radius 1 is 1.17 bits per heavy atom. The van der Waals surface area contributed by atoms with Crippen LogP contribution < -0.4 is 5.73 Å². The van der Waals surface area contributed by atoms with Crippen molar-refractivity contribution in [2.75, 3.05) is 5.73 Å². The largest absolute Gasteiger partial charge is 0.398 e. The number of aldehydes is 1. The molecule has 3 rings (SSSR count). The molecule has 1 aliphatic carbocycles. The molecule has 0 bridgehead atoms. The number of hydrogen-bond acceptors (Lipinski definition) is 2. The van der Waals surface area contributed by atoms with Crippen molar-refractivity contribution in [2.24, 2.45) is 0 Å². The van der Waals surface area contributed by atoms with Gasteiger partial charge in [0, 0.05) is 16.7 Å². The molecular formula is C20H22FNO. The Bertz CT molecular complexity index is 747. The monoisotopic (exact) mass is 311 g/mol. The molecule has 120 valence electrons. The molecular weight excluding hydrogens is 289 g/mol. The van der Waals surface area contributed by atoms with E-state index in [4.69, 9.17) is 5.73 Å². The lowest BCUT2D eigenvalue weighted by Crippen LogP contribution is -2.19. The second kappa shape index (κ2) is 5.80. The fourth-order valence-corrected chi connectivity index (χ4v) is 3.14. The van der Waals surface area contributed by atoms with E-state index in [2.05, 4.69) is 0 Å². The lowest BCUT2D eigenvalue weighted by molar-refractivity contribution is -0.111. The van der Waals surface area contributed by atoms with Crippen LogP contribution in [0.1, 0.15) is 50.2 Å². The van der Waals surface area contributed by atoms with Crippen molar-refractivity contribution in [1.82, 2.24) is 0 Å². The zero-order chi connectivity index (χ0) is 16.6. The van der Waals surface area contributed by atoms with Crippen LogP contribution in [0.2, 0.25) is 0 Å². The van der Waals surface area contributed by atoms with Crippen LogP contribution in [0.3, 0.4) is 0 Å². The summed E-state index contributed by atoms with van der Waals surface area (Å²) in [4.78, 5) is 11.4. The molecule has 2 aromatic carbocycles. The Balaban J connectivity index is 2.17. The molecule has 0 aliphatic heterocycles. The van der Waals surface area contributed by atoms with Gasteiger partial charge >= 0.3 is 0 Å². The van der Waals surface area contributed by atoms with Crippen LogP contribution in [0.5, 0.6) is 0 Å². The SMILES string of the molecule is CC(C)(C=O)c1ccc(N)c(-c2cccc(F)c2C2CCC2)c1. The Hall–Kier alpha value is -2.16. The minimum Gasteiger partial charge on any atom is -0.398 e. The van der Waals surface area contributed by atoms with Crippen molar-refractivity contribution in [3.63, 3.8) is 0 Å². The summed E-state index contributed by atoms with van der Waals surface area (Å²) in [7, 11) is 0. The lowest BCUT2D eigenvalue weighted by Gasteiger charge is -2.29. The van der Waals surface area contributed by atoms with Gasteiger partial charge in [-0.05, 0) is 67.5 Å². The van der Waals surface area contributed by atoms with Gasteiger partial charge in [0.25, 0.3) is 0 Å². The minimum absolute atomic E-state index is 0.161. The maximum atomic E-state index is 14.4. The molecule has 2 aromatic rings. The van der Waals surface area contributed by atoms with Gasteiger partial charge in [-0.1, -0.05) is 24.6 Å². The maximum absolute atomic E-state index is 14.4. The lowest BCUT2D eigenvalue weighted by atomic mass is 9.76. The third-order valence-electron chi connectivity index (χ3n) is 4.95. The van der Waals surface area contributed by atoms with Crippen LogP contribution in [0.4, 0.5) is 10.1 Å². The van der Waals surface area contributed by atoms with Crippen molar-refractivity contribution in [3.05, 3.63) is 53.3 Å². The summed E-state index contributed by atoms with van der Waals surface area (Å²) >= 11 is 0. The molecule has 1 saturated carbocycles. The van der Waals surface area contributed by atoms with Gasteiger partial charge in [0.2, 0.25) is 0 Å². The molecule has 0 spiro atoms. The summed E-state index contributed by atoms with van der Waals surface area (Å²) in [6.45, 7) is 3.74. The summed E-state index contributed by atoms with van der Waals surface area (Å²) in [5.74, 6) is 0.111. The molecule has 0 radical (unpaired) electrons. The molecule has 2 nitrogen and oxygen atoms in total. The number of nitrogen functional groups attached to an aromatic ring is 1. The average Bonchev–Trinajstić information content (AvgIpc) is 2.48. The Morgan fingerprint density at radius 3 is 2.52 bits per heavy atom. The van der Waals surface area contributed by atoms with Crippen LogP contribution in [-0.4, -0.2) is 6.29 Å². The van der Waals surface area contributed by atoms with Crippen molar-refractivity contribution >= 4 is 12.0 Å².